The van der Waals surface area contributed by atoms with Crippen LogP contribution in [0.25, 0.3) is 6.08 Å². The summed E-state index contributed by atoms with van der Waals surface area (Å²) in [6.45, 7) is 0. The average molecular weight is 548 g/mol. The number of anilines is 1. The van der Waals surface area contributed by atoms with Crippen LogP contribution in [0.5, 0.6) is 5.75 Å². The number of carbonyl (C=O) groups is 1. The normalized spacial score (nSPS) is 11.0. The quantitative estimate of drug-likeness (QED) is 0.320. The fourth-order valence-electron chi connectivity index (χ4n) is 1.72. The summed E-state index contributed by atoms with van der Waals surface area (Å²) in [4.78, 5) is 12.2. The van der Waals surface area contributed by atoms with Crippen molar-refractivity contribution in [3.05, 3.63) is 60.1 Å². The van der Waals surface area contributed by atoms with Gasteiger partial charge in [-0.25, -0.2) is 0 Å². The molecule has 0 saturated heterocycles. The number of hydrogen-bond donors (Lipinski definition) is 2. The van der Waals surface area contributed by atoms with Crippen LogP contribution in [-0.4, -0.2) is 11.0 Å². The zero-order valence-corrected chi connectivity index (χ0v) is 16.8. The van der Waals surface area contributed by atoms with E-state index in [1.54, 1.807) is 36.4 Å². The molecule has 0 aromatic heterocycles. The molecule has 7 heteroatoms. The average Bonchev–Trinajstić information content (AvgIpc) is 2.52. The van der Waals surface area contributed by atoms with Crippen molar-refractivity contribution < 1.29 is 9.90 Å². The van der Waals surface area contributed by atoms with Gasteiger partial charge in [0.15, 0.2) is 0 Å². The van der Waals surface area contributed by atoms with E-state index in [9.17, 15) is 15.2 Å². The summed E-state index contributed by atoms with van der Waals surface area (Å²) >= 11 is 8.53. The number of nitrogens with one attached hydrogen (secondary N) is 1. The van der Waals surface area contributed by atoms with E-state index in [0.717, 1.165) is 4.47 Å². The molecule has 2 aromatic rings. The highest BCUT2D eigenvalue weighted by Gasteiger charge is 2.11. The van der Waals surface area contributed by atoms with Gasteiger partial charge in [-0.15, -0.1) is 0 Å². The lowest BCUT2D eigenvalue weighted by Gasteiger charge is -2.06. The molecular formula is C16H9Br2IN2O2. The number of amides is 1. The van der Waals surface area contributed by atoms with Crippen LogP contribution in [0.3, 0.4) is 0 Å². The molecule has 0 aliphatic heterocycles. The third-order valence-corrected chi connectivity index (χ3v) is 4.77. The minimum absolute atomic E-state index is 0.0266. The second-order valence-corrected chi connectivity index (χ2v) is 7.40. The zero-order valence-electron chi connectivity index (χ0n) is 11.5. The highest BCUT2D eigenvalue weighted by molar-refractivity contribution is 14.1. The van der Waals surface area contributed by atoms with Crippen LogP contribution in [0.4, 0.5) is 5.69 Å². The number of aromatic hydroxyl groups is 1. The highest BCUT2D eigenvalue weighted by atomic mass is 127. The molecule has 4 nitrogen and oxygen atoms in total. The van der Waals surface area contributed by atoms with Crippen molar-refractivity contribution in [3.8, 4) is 11.8 Å². The van der Waals surface area contributed by atoms with Crippen molar-refractivity contribution in [3.63, 3.8) is 0 Å². The van der Waals surface area contributed by atoms with Gasteiger partial charge in [-0.1, -0.05) is 15.9 Å². The van der Waals surface area contributed by atoms with Crippen LogP contribution in [0.2, 0.25) is 0 Å². The Bertz CT molecular complexity index is 804. The minimum atomic E-state index is -0.492. The summed E-state index contributed by atoms with van der Waals surface area (Å²) in [5, 5.41) is 21.6. The van der Waals surface area contributed by atoms with Gasteiger partial charge >= 0.3 is 0 Å². The molecule has 0 fully saturated rings. The largest absolute Gasteiger partial charge is 0.506 e. The summed E-state index contributed by atoms with van der Waals surface area (Å²) in [7, 11) is 0. The molecule has 1 amide bonds. The second kappa shape index (κ2) is 7.95. The maximum absolute atomic E-state index is 12.2. The first-order valence-corrected chi connectivity index (χ1v) is 8.94. The summed E-state index contributed by atoms with van der Waals surface area (Å²) in [6.07, 6.45) is 1.47. The topological polar surface area (TPSA) is 73.1 Å². The van der Waals surface area contributed by atoms with Gasteiger partial charge in [0.1, 0.15) is 17.4 Å². The summed E-state index contributed by atoms with van der Waals surface area (Å²) in [6, 6.07) is 12.3. The standard InChI is InChI=1S/C16H9Br2IN2O2/c17-11-1-3-12(4-2-11)21-16(23)10(8-20)5-9-6-13(18)15(22)14(19)7-9/h1-7,22H,(H,21,23)/b10-5-. The van der Waals surface area contributed by atoms with Crippen LogP contribution in [0, 0.1) is 14.9 Å². The lowest BCUT2D eigenvalue weighted by molar-refractivity contribution is -0.112. The number of phenols is 1. The van der Waals surface area contributed by atoms with Gasteiger partial charge in [-0.05, 0) is 86.6 Å². The highest BCUT2D eigenvalue weighted by Crippen LogP contribution is 2.31. The number of halogens is 3. The first-order chi connectivity index (χ1) is 10.9. The lowest BCUT2D eigenvalue weighted by Crippen LogP contribution is -2.13. The van der Waals surface area contributed by atoms with E-state index in [1.165, 1.54) is 6.08 Å². The molecule has 2 aromatic carbocycles. The Hall–Kier alpha value is -1.37. The predicted molar refractivity (Wildman–Crippen MR) is 105 cm³/mol. The lowest BCUT2D eigenvalue weighted by atomic mass is 10.1. The van der Waals surface area contributed by atoms with Crippen LogP contribution >= 0.6 is 54.5 Å². The van der Waals surface area contributed by atoms with Gasteiger partial charge in [0.05, 0.1) is 8.04 Å². The molecule has 0 saturated carbocycles. The Kier molecular flexibility index (Phi) is 6.21. The molecule has 0 unspecified atom stereocenters. The second-order valence-electron chi connectivity index (χ2n) is 4.46. The molecule has 23 heavy (non-hydrogen) atoms. The van der Waals surface area contributed by atoms with Gasteiger partial charge in [-0.3, -0.25) is 4.79 Å². The number of carbonyl (C=O) groups excluding carboxylic acids is 1. The number of benzene rings is 2. The Morgan fingerprint density at radius 1 is 1.26 bits per heavy atom. The Morgan fingerprint density at radius 2 is 1.91 bits per heavy atom. The first-order valence-electron chi connectivity index (χ1n) is 6.27. The monoisotopic (exact) mass is 546 g/mol. The fourth-order valence-corrected chi connectivity index (χ4v) is 3.48. The van der Waals surface area contributed by atoms with E-state index in [1.807, 2.05) is 28.7 Å². The molecule has 0 aliphatic rings. The number of phenolic OH excluding ortho intramolecular Hbond substituents is 1. The van der Waals surface area contributed by atoms with E-state index in [2.05, 4.69) is 37.2 Å². The molecule has 2 rings (SSSR count). The van der Waals surface area contributed by atoms with Gasteiger partial charge in [-0.2, -0.15) is 5.26 Å². The Balaban J connectivity index is 2.26. The van der Waals surface area contributed by atoms with Crippen LogP contribution in [0.1, 0.15) is 5.56 Å². The maximum atomic E-state index is 12.2. The molecule has 0 atom stereocenters. The van der Waals surface area contributed by atoms with Crippen LogP contribution in [0.15, 0.2) is 50.9 Å². The molecule has 116 valence electrons. The number of nitriles is 1. The number of nitrogens with zero attached hydrogens (tertiary/aromatic N) is 1. The maximum Gasteiger partial charge on any atom is 0.266 e. The molecule has 0 bridgehead atoms. The smallest absolute Gasteiger partial charge is 0.266 e. The fraction of sp³-hybridized carbons (Fsp3) is 0. The van der Waals surface area contributed by atoms with E-state index in [4.69, 9.17) is 0 Å². The number of hydrogen-bond acceptors (Lipinski definition) is 3. The van der Waals surface area contributed by atoms with Gasteiger partial charge in [0.2, 0.25) is 0 Å². The third kappa shape index (κ3) is 4.80. The van der Waals surface area contributed by atoms with Crippen molar-refractivity contribution in [2.24, 2.45) is 0 Å². The molecule has 0 radical (unpaired) electrons. The Labute approximate surface area is 163 Å². The van der Waals surface area contributed by atoms with E-state index in [0.29, 0.717) is 19.3 Å². The van der Waals surface area contributed by atoms with Gasteiger partial charge in [0.25, 0.3) is 5.91 Å². The zero-order chi connectivity index (χ0) is 17.0. The van der Waals surface area contributed by atoms with Crippen molar-refractivity contribution in [1.29, 1.82) is 5.26 Å². The van der Waals surface area contributed by atoms with E-state index < -0.39 is 5.91 Å². The predicted octanol–water partition coefficient (Wildman–Crippen LogP) is 5.07. The molecule has 0 heterocycles. The number of rotatable bonds is 3. The van der Waals surface area contributed by atoms with E-state index >= 15 is 0 Å². The SMILES string of the molecule is N#C/C(=C/c1cc(Br)c(O)c(I)c1)C(=O)Nc1ccc(Br)cc1. The van der Waals surface area contributed by atoms with Crippen molar-refractivity contribution in [2.45, 2.75) is 0 Å². The van der Waals surface area contributed by atoms with Crippen molar-refractivity contribution in [1.82, 2.24) is 0 Å². The molecule has 2 N–H and O–H groups in total. The summed E-state index contributed by atoms with van der Waals surface area (Å²) in [5.41, 5.74) is 1.21. The van der Waals surface area contributed by atoms with Crippen LogP contribution in [-0.2, 0) is 4.79 Å². The van der Waals surface area contributed by atoms with Crippen molar-refractivity contribution >= 4 is 72.1 Å². The molecule has 0 spiro atoms. The van der Waals surface area contributed by atoms with Crippen molar-refractivity contribution in [2.75, 3.05) is 5.32 Å². The Morgan fingerprint density at radius 3 is 2.48 bits per heavy atom. The van der Waals surface area contributed by atoms with Gasteiger partial charge < -0.3 is 10.4 Å². The summed E-state index contributed by atoms with van der Waals surface area (Å²) in [5.74, 6) is -0.366. The first kappa shape index (κ1) is 18.0. The van der Waals surface area contributed by atoms with E-state index in [-0.39, 0.29) is 11.3 Å². The summed E-state index contributed by atoms with van der Waals surface area (Å²) < 4.78 is 2.02. The van der Waals surface area contributed by atoms with Gasteiger partial charge in [0, 0.05) is 10.2 Å². The minimum Gasteiger partial charge on any atom is -0.506 e. The third-order valence-electron chi connectivity index (χ3n) is 2.82. The molecule has 0 aliphatic carbocycles. The molecular weight excluding hydrogens is 539 g/mol. The van der Waals surface area contributed by atoms with Crippen LogP contribution < -0.4 is 5.32 Å².